The van der Waals surface area contributed by atoms with Crippen molar-refractivity contribution in [2.45, 2.75) is 46.6 Å². The molecule has 0 saturated heterocycles. The first kappa shape index (κ1) is 18.7. The third kappa shape index (κ3) is 13.3. The van der Waals surface area contributed by atoms with Crippen LogP contribution in [0.4, 0.5) is 0 Å². The van der Waals surface area contributed by atoms with E-state index in [0.717, 1.165) is 0 Å². The summed E-state index contributed by atoms with van der Waals surface area (Å²) in [5, 5.41) is 0. The first-order valence-corrected chi connectivity index (χ1v) is 6.37. The predicted octanol–water partition coefficient (Wildman–Crippen LogP) is 0.912. The minimum Gasteiger partial charge on any atom is -0.790 e. The van der Waals surface area contributed by atoms with Gasteiger partial charge in [0.2, 0.25) is 0 Å². The Morgan fingerprint density at radius 3 is 1.60 bits per heavy atom. The molecule has 0 aromatic heterocycles. The molecule has 86 valence electrons. The third-order valence-electron chi connectivity index (χ3n) is 1.75. The van der Waals surface area contributed by atoms with E-state index >= 15 is 0 Å². The fourth-order valence-corrected chi connectivity index (χ4v) is 1.95. The van der Waals surface area contributed by atoms with E-state index < -0.39 is 13.9 Å². The molecule has 0 rings (SSSR count). The quantitative estimate of drug-likeness (QED) is 0.527. The fourth-order valence-electron chi connectivity index (χ4n) is 1.42. The molecule has 0 atom stereocenters. The Kier molecular flexibility index (Phi) is 10.6. The molecule has 0 aromatic carbocycles. The van der Waals surface area contributed by atoms with E-state index in [2.05, 4.69) is 4.52 Å². The van der Waals surface area contributed by atoms with Crippen LogP contribution in [0.5, 0.6) is 0 Å². The zero-order valence-electron chi connectivity index (χ0n) is 9.93. The van der Waals surface area contributed by atoms with E-state index in [9.17, 15) is 14.4 Å². The molecule has 0 aliphatic heterocycles. The molecule has 0 aromatic rings. The first-order chi connectivity index (χ1) is 6.20. The van der Waals surface area contributed by atoms with E-state index in [1.165, 1.54) is 0 Å². The van der Waals surface area contributed by atoms with Crippen molar-refractivity contribution in [3.63, 3.8) is 0 Å². The van der Waals surface area contributed by atoms with Crippen LogP contribution in [0.15, 0.2) is 0 Å². The molecule has 0 aliphatic rings. The Hall–Kier alpha value is 1.37. The van der Waals surface area contributed by atoms with E-state index in [4.69, 9.17) is 0 Å². The summed E-state index contributed by atoms with van der Waals surface area (Å²) >= 11 is 0. The summed E-state index contributed by atoms with van der Waals surface area (Å²) in [7, 11) is -4.83. The second kappa shape index (κ2) is 8.46. The Balaban J connectivity index is 0. The Morgan fingerprint density at radius 2 is 1.40 bits per heavy atom. The minimum atomic E-state index is -4.83. The minimum absolute atomic E-state index is 0. The van der Waals surface area contributed by atoms with Gasteiger partial charge in [-0.15, -0.1) is 0 Å². The van der Waals surface area contributed by atoms with Crippen molar-refractivity contribution in [1.29, 1.82) is 0 Å². The van der Waals surface area contributed by atoms with Crippen LogP contribution in [0.25, 0.3) is 0 Å². The summed E-state index contributed by atoms with van der Waals surface area (Å²) < 4.78 is 15.0. The molecule has 0 radical (unpaired) electrons. The molecule has 6 heteroatoms. The Morgan fingerprint density at radius 1 is 1.07 bits per heavy atom. The molecule has 0 bridgehead atoms. The molecule has 0 spiro atoms. The molecule has 0 saturated carbocycles. The van der Waals surface area contributed by atoms with Gasteiger partial charge < -0.3 is 18.9 Å². The van der Waals surface area contributed by atoms with Crippen LogP contribution in [-0.2, 0) is 9.09 Å². The van der Waals surface area contributed by atoms with E-state index in [1.807, 2.05) is 27.7 Å². The third-order valence-corrected chi connectivity index (χ3v) is 2.30. The standard InChI is InChI=1S/C9H21O4P.Ca/c1-7(2)5-9(6-8(3)4)13-14(10,11)12;/h7-9H,5-6H2,1-4H3,(H2,10,11,12);/q;+2/p-2. The predicted molar refractivity (Wildman–Crippen MR) is 57.1 cm³/mol. The maximum absolute atomic E-state index is 10.5. The monoisotopic (exact) mass is 262 g/mol. The molecular formula is C9H19CaO4P. The van der Waals surface area contributed by atoms with Gasteiger partial charge in [0.25, 0.3) is 0 Å². The van der Waals surface area contributed by atoms with Gasteiger partial charge >= 0.3 is 37.7 Å². The SMILES string of the molecule is CC(C)CC(CC(C)C)OP(=O)([O-])[O-].[Ca+2]. The zero-order chi connectivity index (χ0) is 11.4. The van der Waals surface area contributed by atoms with Gasteiger partial charge in [0, 0.05) is 0 Å². The van der Waals surface area contributed by atoms with Crippen LogP contribution in [0.3, 0.4) is 0 Å². The number of phosphoric acid groups is 1. The van der Waals surface area contributed by atoms with Crippen molar-refractivity contribution >= 4 is 45.6 Å². The molecular weight excluding hydrogens is 243 g/mol. The average Bonchev–Trinajstić information content (AvgIpc) is 1.77. The van der Waals surface area contributed by atoms with Gasteiger partial charge in [-0.2, -0.15) is 0 Å². The van der Waals surface area contributed by atoms with Gasteiger partial charge in [-0.25, -0.2) is 0 Å². The van der Waals surface area contributed by atoms with Crippen LogP contribution < -0.4 is 9.79 Å². The summed E-state index contributed by atoms with van der Waals surface area (Å²) in [6.07, 6.45) is 0.745. The van der Waals surface area contributed by atoms with Crippen molar-refractivity contribution in [2.75, 3.05) is 0 Å². The van der Waals surface area contributed by atoms with Crippen molar-refractivity contribution in [3.8, 4) is 0 Å². The zero-order valence-corrected chi connectivity index (χ0v) is 13.0. The Labute approximate surface area is 122 Å². The number of rotatable bonds is 6. The molecule has 0 N–H and O–H groups in total. The second-order valence-electron chi connectivity index (χ2n) is 4.43. The van der Waals surface area contributed by atoms with Crippen LogP contribution in [0, 0.1) is 11.8 Å². The number of phosphoric ester groups is 1. The molecule has 0 amide bonds. The maximum atomic E-state index is 10.5. The van der Waals surface area contributed by atoms with Gasteiger partial charge in [-0.1, -0.05) is 27.7 Å². The van der Waals surface area contributed by atoms with Gasteiger partial charge in [0.15, 0.2) is 0 Å². The molecule has 4 nitrogen and oxygen atoms in total. The molecule has 0 unspecified atom stereocenters. The van der Waals surface area contributed by atoms with Gasteiger partial charge in [-0.05, 0) is 24.7 Å². The molecule has 0 heterocycles. The average molecular weight is 262 g/mol. The van der Waals surface area contributed by atoms with E-state index in [1.54, 1.807) is 0 Å². The first-order valence-electron chi connectivity index (χ1n) is 4.91. The number of hydrogen-bond acceptors (Lipinski definition) is 4. The van der Waals surface area contributed by atoms with Gasteiger partial charge in [0.1, 0.15) is 0 Å². The van der Waals surface area contributed by atoms with Gasteiger partial charge in [-0.3, -0.25) is 0 Å². The van der Waals surface area contributed by atoms with Crippen LogP contribution in [-0.4, -0.2) is 43.8 Å². The second-order valence-corrected chi connectivity index (χ2v) is 5.54. The fraction of sp³-hybridized carbons (Fsp3) is 1.00. The van der Waals surface area contributed by atoms with E-state index in [0.29, 0.717) is 24.7 Å². The normalized spacial score (nSPS) is 12.3. The van der Waals surface area contributed by atoms with Crippen LogP contribution in [0.2, 0.25) is 0 Å². The van der Waals surface area contributed by atoms with Gasteiger partial charge in [0.05, 0.1) is 13.9 Å². The number of hydrogen-bond donors (Lipinski definition) is 0. The van der Waals surface area contributed by atoms with Crippen LogP contribution in [0.1, 0.15) is 40.5 Å². The van der Waals surface area contributed by atoms with E-state index in [-0.39, 0.29) is 37.7 Å². The largest absolute Gasteiger partial charge is 2.00 e. The molecule has 0 fully saturated rings. The van der Waals surface area contributed by atoms with Crippen molar-refractivity contribution in [3.05, 3.63) is 0 Å². The summed E-state index contributed by atoms with van der Waals surface area (Å²) in [5.74, 6) is 0.649. The van der Waals surface area contributed by atoms with Crippen molar-refractivity contribution < 1.29 is 18.9 Å². The van der Waals surface area contributed by atoms with Crippen molar-refractivity contribution in [1.82, 2.24) is 0 Å². The summed E-state index contributed by atoms with van der Waals surface area (Å²) in [6, 6.07) is 0. The van der Waals surface area contributed by atoms with Crippen LogP contribution >= 0.6 is 7.82 Å². The summed E-state index contributed by atoms with van der Waals surface area (Å²) in [5.41, 5.74) is 0. The van der Waals surface area contributed by atoms with Crippen molar-refractivity contribution in [2.24, 2.45) is 11.8 Å². The smallest absolute Gasteiger partial charge is 0.790 e. The summed E-state index contributed by atoms with van der Waals surface area (Å²) in [4.78, 5) is 20.9. The summed E-state index contributed by atoms with van der Waals surface area (Å²) in [6.45, 7) is 7.88. The Bertz CT molecular complexity index is 192. The topological polar surface area (TPSA) is 72.4 Å². The maximum Gasteiger partial charge on any atom is 2.00 e. The molecule has 15 heavy (non-hydrogen) atoms. The molecule has 0 aliphatic carbocycles.